The Balaban J connectivity index is 1.97. The fraction of sp³-hybridized carbons (Fsp3) is 0.467. The van der Waals surface area contributed by atoms with Crippen molar-refractivity contribution in [2.75, 3.05) is 13.2 Å². The average Bonchev–Trinajstić information content (AvgIpc) is 2.97. The molecule has 0 aliphatic rings. The number of ether oxygens (including phenoxy) is 1. The van der Waals surface area contributed by atoms with Gasteiger partial charge in [0.1, 0.15) is 17.9 Å². The molecule has 2 rings (SSSR count). The average molecular weight is 338 g/mol. The fourth-order valence-electron chi connectivity index (χ4n) is 2.14. The maximum absolute atomic E-state index is 12.3. The van der Waals surface area contributed by atoms with Crippen molar-refractivity contribution in [2.45, 2.75) is 38.1 Å². The maximum Gasteiger partial charge on any atom is 0.240 e. The largest absolute Gasteiger partial charge is 0.494 e. The summed E-state index contributed by atoms with van der Waals surface area (Å²) in [5.41, 5.74) is 0. The van der Waals surface area contributed by atoms with Crippen LogP contribution in [0.5, 0.6) is 5.75 Å². The Hall–Kier alpha value is -1.93. The molecule has 2 aromatic rings. The highest BCUT2D eigenvalue weighted by Gasteiger charge is 2.14. The smallest absolute Gasteiger partial charge is 0.240 e. The molecule has 0 radical (unpaired) electrons. The topological polar surface area (TPSA) is 86.1 Å². The molecule has 0 aliphatic carbocycles. The SMILES string of the molecule is CCOc1ccc(S(=O)(=O)NCCc2nncn2C(C)C)cc1. The number of benzene rings is 1. The van der Waals surface area contributed by atoms with Crippen LogP contribution in [0.3, 0.4) is 0 Å². The summed E-state index contributed by atoms with van der Waals surface area (Å²) in [4.78, 5) is 0.214. The van der Waals surface area contributed by atoms with E-state index in [4.69, 9.17) is 4.74 Å². The normalized spacial score (nSPS) is 11.8. The summed E-state index contributed by atoms with van der Waals surface area (Å²) in [6.45, 7) is 6.73. The van der Waals surface area contributed by atoms with Gasteiger partial charge in [0.15, 0.2) is 0 Å². The van der Waals surface area contributed by atoms with E-state index in [1.165, 1.54) is 12.1 Å². The van der Waals surface area contributed by atoms with Crippen LogP contribution < -0.4 is 9.46 Å². The van der Waals surface area contributed by atoms with Crippen LogP contribution in [0.2, 0.25) is 0 Å². The molecule has 23 heavy (non-hydrogen) atoms. The van der Waals surface area contributed by atoms with Gasteiger partial charge in [0.25, 0.3) is 0 Å². The minimum absolute atomic E-state index is 0.214. The Bertz CT molecular complexity index is 723. The number of aromatic nitrogens is 3. The second kappa shape index (κ2) is 7.56. The van der Waals surface area contributed by atoms with Gasteiger partial charge in [-0.2, -0.15) is 0 Å². The zero-order chi connectivity index (χ0) is 16.9. The number of hydrogen-bond acceptors (Lipinski definition) is 5. The lowest BCUT2D eigenvalue weighted by molar-refractivity contribution is 0.340. The lowest BCUT2D eigenvalue weighted by Crippen LogP contribution is -2.26. The van der Waals surface area contributed by atoms with Crippen LogP contribution in [-0.2, 0) is 16.4 Å². The van der Waals surface area contributed by atoms with E-state index in [1.54, 1.807) is 18.5 Å². The first-order chi connectivity index (χ1) is 10.9. The van der Waals surface area contributed by atoms with Crippen LogP contribution >= 0.6 is 0 Å². The summed E-state index contributed by atoms with van der Waals surface area (Å²) in [7, 11) is -3.54. The molecule has 7 nitrogen and oxygen atoms in total. The number of hydrogen-bond donors (Lipinski definition) is 1. The third-order valence-electron chi connectivity index (χ3n) is 3.29. The monoisotopic (exact) mass is 338 g/mol. The Morgan fingerprint density at radius 3 is 2.57 bits per heavy atom. The van der Waals surface area contributed by atoms with Crippen LogP contribution in [0.1, 0.15) is 32.6 Å². The number of rotatable bonds is 8. The Morgan fingerprint density at radius 1 is 1.26 bits per heavy atom. The molecule has 8 heteroatoms. The molecule has 0 atom stereocenters. The van der Waals surface area contributed by atoms with Gasteiger partial charge in [-0.15, -0.1) is 10.2 Å². The summed E-state index contributed by atoms with van der Waals surface area (Å²) < 4.78 is 34.3. The second-order valence-electron chi connectivity index (χ2n) is 5.30. The molecule has 1 N–H and O–H groups in total. The number of sulfonamides is 1. The Morgan fingerprint density at radius 2 is 1.96 bits per heavy atom. The van der Waals surface area contributed by atoms with Gasteiger partial charge >= 0.3 is 0 Å². The van der Waals surface area contributed by atoms with Crippen molar-refractivity contribution in [3.63, 3.8) is 0 Å². The molecule has 0 aliphatic heterocycles. The predicted octanol–water partition coefficient (Wildman–Crippen LogP) is 1.78. The van der Waals surface area contributed by atoms with Crippen molar-refractivity contribution in [3.05, 3.63) is 36.4 Å². The molecule has 0 amide bonds. The molecule has 1 aromatic carbocycles. The predicted molar refractivity (Wildman–Crippen MR) is 86.9 cm³/mol. The summed E-state index contributed by atoms with van der Waals surface area (Å²) in [6.07, 6.45) is 2.13. The van der Waals surface area contributed by atoms with Gasteiger partial charge in [-0.3, -0.25) is 0 Å². The highest BCUT2D eigenvalue weighted by molar-refractivity contribution is 7.89. The first-order valence-corrected chi connectivity index (χ1v) is 9.03. The summed E-state index contributed by atoms with van der Waals surface area (Å²) >= 11 is 0. The van der Waals surface area contributed by atoms with Crippen molar-refractivity contribution < 1.29 is 13.2 Å². The van der Waals surface area contributed by atoms with Gasteiger partial charge in [-0.05, 0) is 45.0 Å². The van der Waals surface area contributed by atoms with Gasteiger partial charge < -0.3 is 9.30 Å². The van der Waals surface area contributed by atoms with Gasteiger partial charge in [0.05, 0.1) is 11.5 Å². The van der Waals surface area contributed by atoms with Gasteiger partial charge in [0.2, 0.25) is 10.0 Å². The molecule has 1 heterocycles. The summed E-state index contributed by atoms with van der Waals surface area (Å²) in [5.74, 6) is 1.41. The third-order valence-corrected chi connectivity index (χ3v) is 4.77. The van der Waals surface area contributed by atoms with E-state index in [0.29, 0.717) is 18.8 Å². The zero-order valence-corrected chi connectivity index (χ0v) is 14.4. The molecule has 0 spiro atoms. The van der Waals surface area contributed by atoms with E-state index in [1.807, 2.05) is 25.3 Å². The molecule has 1 aromatic heterocycles. The standard InChI is InChI=1S/C15H22N4O3S/c1-4-22-13-5-7-14(8-6-13)23(20,21)17-10-9-15-18-16-11-19(15)12(2)3/h5-8,11-12,17H,4,9-10H2,1-3H3. The Kier molecular flexibility index (Phi) is 5.73. The second-order valence-corrected chi connectivity index (χ2v) is 7.07. The van der Waals surface area contributed by atoms with Gasteiger partial charge in [0, 0.05) is 19.0 Å². The van der Waals surface area contributed by atoms with E-state index < -0.39 is 10.0 Å². The van der Waals surface area contributed by atoms with Gasteiger partial charge in [-0.1, -0.05) is 0 Å². The molecule has 0 fully saturated rings. The van der Waals surface area contributed by atoms with Crippen LogP contribution in [0.15, 0.2) is 35.5 Å². The van der Waals surface area contributed by atoms with E-state index in [2.05, 4.69) is 14.9 Å². The summed E-state index contributed by atoms with van der Waals surface area (Å²) in [5, 5.41) is 7.89. The third kappa shape index (κ3) is 4.52. The van der Waals surface area contributed by atoms with Crippen molar-refractivity contribution in [1.29, 1.82) is 0 Å². The van der Waals surface area contributed by atoms with Crippen molar-refractivity contribution in [3.8, 4) is 5.75 Å². The summed E-state index contributed by atoms with van der Waals surface area (Å²) in [6, 6.07) is 6.59. The molecule has 0 saturated heterocycles. The van der Waals surface area contributed by atoms with Crippen LogP contribution in [-0.4, -0.2) is 36.3 Å². The van der Waals surface area contributed by atoms with Crippen LogP contribution in [0, 0.1) is 0 Å². The zero-order valence-electron chi connectivity index (χ0n) is 13.6. The highest BCUT2D eigenvalue weighted by atomic mass is 32.2. The van der Waals surface area contributed by atoms with E-state index in [0.717, 1.165) is 5.82 Å². The molecule has 126 valence electrons. The lowest BCUT2D eigenvalue weighted by Gasteiger charge is -2.11. The molecule has 0 bridgehead atoms. The minimum Gasteiger partial charge on any atom is -0.494 e. The van der Waals surface area contributed by atoms with Crippen molar-refractivity contribution >= 4 is 10.0 Å². The first kappa shape index (κ1) is 17.4. The van der Waals surface area contributed by atoms with Crippen molar-refractivity contribution in [2.24, 2.45) is 0 Å². The van der Waals surface area contributed by atoms with Crippen LogP contribution in [0.25, 0.3) is 0 Å². The Labute approximate surface area is 136 Å². The maximum atomic E-state index is 12.3. The fourth-order valence-corrected chi connectivity index (χ4v) is 3.17. The molecule has 0 unspecified atom stereocenters. The highest BCUT2D eigenvalue weighted by Crippen LogP contribution is 2.16. The number of nitrogens with one attached hydrogen (secondary N) is 1. The van der Waals surface area contributed by atoms with Gasteiger partial charge in [-0.25, -0.2) is 13.1 Å². The van der Waals surface area contributed by atoms with Crippen molar-refractivity contribution in [1.82, 2.24) is 19.5 Å². The lowest BCUT2D eigenvalue weighted by atomic mass is 10.3. The minimum atomic E-state index is -3.54. The molecule has 0 saturated carbocycles. The van der Waals surface area contributed by atoms with E-state index in [9.17, 15) is 8.42 Å². The van der Waals surface area contributed by atoms with E-state index >= 15 is 0 Å². The van der Waals surface area contributed by atoms with E-state index in [-0.39, 0.29) is 17.5 Å². The number of nitrogens with zero attached hydrogens (tertiary/aromatic N) is 3. The quantitative estimate of drug-likeness (QED) is 0.793. The van der Waals surface area contributed by atoms with Crippen LogP contribution in [0.4, 0.5) is 0 Å². The molecular formula is C15H22N4O3S. The molecular weight excluding hydrogens is 316 g/mol. The first-order valence-electron chi connectivity index (χ1n) is 7.55.